The van der Waals surface area contributed by atoms with E-state index in [-0.39, 0.29) is 29.3 Å². The highest BCUT2D eigenvalue weighted by Gasteiger charge is 2.22. The quantitative estimate of drug-likeness (QED) is 0.414. The Morgan fingerprint density at radius 2 is 1.61 bits per heavy atom. The van der Waals surface area contributed by atoms with Gasteiger partial charge >= 0.3 is 5.97 Å². The molecule has 0 aliphatic carbocycles. The summed E-state index contributed by atoms with van der Waals surface area (Å²) in [4.78, 5) is 49.8. The van der Waals surface area contributed by atoms with E-state index in [1.165, 1.54) is 12.7 Å². The molecule has 0 aliphatic rings. The van der Waals surface area contributed by atoms with Gasteiger partial charge in [0.1, 0.15) is 18.8 Å². The highest BCUT2D eigenvalue weighted by molar-refractivity contribution is 6.07. The molecule has 4 aromatic rings. The van der Waals surface area contributed by atoms with Crippen molar-refractivity contribution >= 4 is 34.8 Å². The van der Waals surface area contributed by atoms with Gasteiger partial charge in [0.2, 0.25) is 5.91 Å². The van der Waals surface area contributed by atoms with E-state index in [0.29, 0.717) is 11.1 Å². The number of aliphatic hydroxyl groups is 1. The Labute approximate surface area is 187 Å². The number of nitrogens with one attached hydrogen (secondary N) is 1. The SMILES string of the molecule is O=C(Nc1ncnc2c1ncn2C(=O)C[C@@H](CO)OC(=O)c1ccccc1)c1ccccc1. The van der Waals surface area contributed by atoms with Crippen LogP contribution in [0.4, 0.5) is 5.82 Å². The minimum absolute atomic E-state index is 0.148. The van der Waals surface area contributed by atoms with E-state index in [2.05, 4.69) is 20.3 Å². The molecule has 0 fully saturated rings. The molecule has 2 aromatic heterocycles. The van der Waals surface area contributed by atoms with Gasteiger partial charge in [0.25, 0.3) is 5.91 Å². The molecule has 0 aliphatic heterocycles. The summed E-state index contributed by atoms with van der Waals surface area (Å²) in [6, 6.07) is 16.8. The average molecular weight is 445 g/mol. The van der Waals surface area contributed by atoms with Gasteiger partial charge in [0, 0.05) is 5.56 Å². The van der Waals surface area contributed by atoms with E-state index in [4.69, 9.17) is 4.74 Å². The number of anilines is 1. The monoisotopic (exact) mass is 445 g/mol. The average Bonchev–Trinajstić information content (AvgIpc) is 3.30. The summed E-state index contributed by atoms with van der Waals surface area (Å²) < 4.78 is 6.42. The van der Waals surface area contributed by atoms with Crippen LogP contribution in [0.3, 0.4) is 0 Å². The van der Waals surface area contributed by atoms with Crippen LogP contribution in [0.15, 0.2) is 73.3 Å². The number of imidazole rings is 1. The van der Waals surface area contributed by atoms with Gasteiger partial charge < -0.3 is 15.2 Å². The first kappa shape index (κ1) is 21.8. The molecule has 0 saturated heterocycles. The number of amides is 1. The first-order chi connectivity index (χ1) is 16.1. The molecule has 4 rings (SSSR count). The van der Waals surface area contributed by atoms with Crippen LogP contribution in [0.2, 0.25) is 0 Å². The van der Waals surface area contributed by atoms with Crippen molar-refractivity contribution in [2.45, 2.75) is 12.5 Å². The van der Waals surface area contributed by atoms with E-state index in [9.17, 15) is 19.5 Å². The molecule has 0 bridgehead atoms. The second-order valence-corrected chi connectivity index (χ2v) is 7.00. The molecule has 2 heterocycles. The fraction of sp³-hybridized carbons (Fsp3) is 0.130. The molecule has 0 spiro atoms. The lowest BCUT2D eigenvalue weighted by atomic mass is 10.2. The Kier molecular flexibility index (Phi) is 6.46. The summed E-state index contributed by atoms with van der Waals surface area (Å²) in [7, 11) is 0. The number of esters is 1. The zero-order chi connectivity index (χ0) is 23.2. The second kappa shape index (κ2) is 9.79. The van der Waals surface area contributed by atoms with Gasteiger partial charge in [-0.3, -0.25) is 14.2 Å². The molecule has 1 atom stereocenters. The zero-order valence-corrected chi connectivity index (χ0v) is 17.3. The first-order valence-corrected chi connectivity index (χ1v) is 10.0. The van der Waals surface area contributed by atoms with Crippen LogP contribution in [-0.2, 0) is 4.74 Å². The van der Waals surface area contributed by atoms with Gasteiger partial charge in [-0.1, -0.05) is 36.4 Å². The van der Waals surface area contributed by atoms with Crippen LogP contribution in [-0.4, -0.2) is 55.1 Å². The van der Waals surface area contributed by atoms with Crippen molar-refractivity contribution in [3.8, 4) is 0 Å². The van der Waals surface area contributed by atoms with Crippen molar-refractivity contribution in [2.24, 2.45) is 0 Å². The van der Waals surface area contributed by atoms with Gasteiger partial charge in [-0.15, -0.1) is 0 Å². The van der Waals surface area contributed by atoms with Crippen molar-refractivity contribution in [1.29, 1.82) is 0 Å². The predicted molar refractivity (Wildman–Crippen MR) is 118 cm³/mol. The Bertz CT molecular complexity index is 1290. The maximum absolute atomic E-state index is 12.8. The van der Waals surface area contributed by atoms with Crippen LogP contribution >= 0.6 is 0 Å². The van der Waals surface area contributed by atoms with Crippen molar-refractivity contribution in [1.82, 2.24) is 19.5 Å². The summed E-state index contributed by atoms with van der Waals surface area (Å²) in [5.41, 5.74) is 1.13. The van der Waals surface area contributed by atoms with Crippen LogP contribution < -0.4 is 5.32 Å². The van der Waals surface area contributed by atoms with Gasteiger partial charge in [-0.05, 0) is 24.3 Å². The number of aliphatic hydroxyl groups excluding tert-OH is 1. The molecule has 33 heavy (non-hydrogen) atoms. The van der Waals surface area contributed by atoms with Crippen molar-refractivity contribution in [2.75, 3.05) is 11.9 Å². The summed E-state index contributed by atoms with van der Waals surface area (Å²) in [5, 5.41) is 12.3. The third-order valence-corrected chi connectivity index (χ3v) is 4.76. The number of hydrogen-bond donors (Lipinski definition) is 2. The molecule has 1 amide bonds. The molecule has 10 nitrogen and oxygen atoms in total. The van der Waals surface area contributed by atoms with Crippen LogP contribution in [0.5, 0.6) is 0 Å². The van der Waals surface area contributed by atoms with Gasteiger partial charge in [0.15, 0.2) is 17.0 Å². The predicted octanol–water partition coefficient (Wildman–Crippen LogP) is 2.33. The number of ether oxygens (including phenoxy) is 1. The third kappa shape index (κ3) is 4.91. The molecular weight excluding hydrogens is 426 g/mol. The zero-order valence-electron chi connectivity index (χ0n) is 17.3. The lowest BCUT2D eigenvalue weighted by Gasteiger charge is -2.15. The Morgan fingerprint density at radius 1 is 0.939 bits per heavy atom. The summed E-state index contributed by atoms with van der Waals surface area (Å²) in [6.07, 6.45) is 1.10. The highest BCUT2D eigenvalue weighted by Crippen LogP contribution is 2.19. The maximum Gasteiger partial charge on any atom is 0.338 e. The molecule has 0 saturated carbocycles. The van der Waals surface area contributed by atoms with Crippen LogP contribution in [0.1, 0.15) is 31.9 Å². The molecular formula is C23H19N5O5. The van der Waals surface area contributed by atoms with E-state index in [1.54, 1.807) is 60.7 Å². The number of benzene rings is 2. The van der Waals surface area contributed by atoms with E-state index in [0.717, 1.165) is 4.57 Å². The van der Waals surface area contributed by atoms with Crippen LogP contribution in [0, 0.1) is 0 Å². The molecule has 0 radical (unpaired) electrons. The van der Waals surface area contributed by atoms with Crippen molar-refractivity contribution < 1.29 is 24.2 Å². The van der Waals surface area contributed by atoms with Gasteiger partial charge in [-0.2, -0.15) is 0 Å². The number of carbonyl (C=O) groups is 3. The number of hydrogen-bond acceptors (Lipinski definition) is 8. The van der Waals surface area contributed by atoms with E-state index >= 15 is 0 Å². The van der Waals surface area contributed by atoms with Crippen LogP contribution in [0.25, 0.3) is 11.2 Å². The molecule has 0 unspecified atom stereocenters. The minimum atomic E-state index is -1.05. The van der Waals surface area contributed by atoms with E-state index in [1.807, 2.05) is 0 Å². The number of fused-ring (bicyclic) bond motifs is 1. The fourth-order valence-electron chi connectivity index (χ4n) is 3.11. The smallest absolute Gasteiger partial charge is 0.338 e. The molecule has 2 N–H and O–H groups in total. The van der Waals surface area contributed by atoms with Crippen molar-refractivity contribution in [3.05, 3.63) is 84.4 Å². The number of carbonyl (C=O) groups excluding carboxylic acids is 3. The standard InChI is InChI=1S/C23H19N5O5/c29-12-17(33-23(32)16-9-5-2-6-10-16)11-18(30)28-14-26-19-20(24-13-25-21(19)28)27-22(31)15-7-3-1-4-8-15/h1-10,13-14,17,29H,11-12H2,(H,24,25,27,31)/t17-/m0/s1. The summed E-state index contributed by atoms with van der Waals surface area (Å²) in [5.74, 6) is -1.39. The highest BCUT2D eigenvalue weighted by atomic mass is 16.6. The van der Waals surface area contributed by atoms with Gasteiger partial charge in [-0.25, -0.2) is 19.7 Å². The van der Waals surface area contributed by atoms with E-state index < -0.39 is 24.6 Å². The normalized spacial score (nSPS) is 11.7. The van der Waals surface area contributed by atoms with Gasteiger partial charge in [0.05, 0.1) is 18.6 Å². The lowest BCUT2D eigenvalue weighted by molar-refractivity contribution is 0.0115. The topological polar surface area (TPSA) is 136 Å². The number of rotatable bonds is 7. The summed E-state index contributed by atoms with van der Waals surface area (Å²) >= 11 is 0. The fourth-order valence-corrected chi connectivity index (χ4v) is 3.11. The Morgan fingerprint density at radius 3 is 2.27 bits per heavy atom. The molecule has 2 aromatic carbocycles. The summed E-state index contributed by atoms with van der Waals surface area (Å²) in [6.45, 7) is -0.537. The first-order valence-electron chi connectivity index (χ1n) is 10.0. The Balaban J connectivity index is 1.50. The lowest BCUT2D eigenvalue weighted by Crippen LogP contribution is -2.27. The molecule has 10 heteroatoms. The number of aromatic nitrogens is 4. The largest absolute Gasteiger partial charge is 0.456 e. The minimum Gasteiger partial charge on any atom is -0.456 e. The molecule has 166 valence electrons. The second-order valence-electron chi connectivity index (χ2n) is 7.00. The maximum atomic E-state index is 12.8. The Hall–Kier alpha value is -4.44. The number of nitrogens with zero attached hydrogens (tertiary/aromatic N) is 4. The third-order valence-electron chi connectivity index (χ3n) is 4.76. The van der Waals surface area contributed by atoms with Crippen molar-refractivity contribution in [3.63, 3.8) is 0 Å².